The molecule has 0 aliphatic heterocycles. The van der Waals surface area contributed by atoms with Crippen LogP contribution in [-0.2, 0) is 6.54 Å². The number of H-pyrrole nitrogens is 1. The molecule has 0 atom stereocenters. The second-order valence-electron chi connectivity index (χ2n) is 2.61. The largest absolute Gasteiger partial charge is 0.329 e. The van der Waals surface area contributed by atoms with Crippen molar-refractivity contribution in [3.63, 3.8) is 0 Å². The summed E-state index contributed by atoms with van der Waals surface area (Å²) >= 11 is 0. The molecule has 0 radical (unpaired) electrons. The van der Waals surface area contributed by atoms with Gasteiger partial charge in [0.15, 0.2) is 0 Å². The first-order valence-electron chi connectivity index (χ1n) is 3.63. The topological polar surface area (TPSA) is 63.8 Å². The molecule has 0 saturated heterocycles. The molecule has 1 aromatic heterocycles. The summed E-state index contributed by atoms with van der Waals surface area (Å²) in [5.41, 5.74) is 7.04. The quantitative estimate of drug-likeness (QED) is 0.618. The van der Waals surface area contributed by atoms with Crippen LogP contribution in [0.4, 0.5) is 0 Å². The molecule has 11 heavy (non-hydrogen) atoms. The van der Waals surface area contributed by atoms with Gasteiger partial charge in [-0.25, -0.2) is 0 Å². The van der Waals surface area contributed by atoms with Gasteiger partial charge in [-0.05, 0) is 13.8 Å². The lowest BCUT2D eigenvalue weighted by molar-refractivity contribution is 0.601. The Kier molecular flexibility index (Phi) is 2.14. The molecule has 62 valence electrons. The van der Waals surface area contributed by atoms with E-state index in [2.05, 4.69) is 5.10 Å². The van der Waals surface area contributed by atoms with Crippen LogP contribution in [0.3, 0.4) is 0 Å². The minimum atomic E-state index is 0.0351. The van der Waals surface area contributed by atoms with Gasteiger partial charge in [-0.15, -0.1) is 0 Å². The van der Waals surface area contributed by atoms with Crippen LogP contribution in [0.15, 0.2) is 4.79 Å². The van der Waals surface area contributed by atoms with Gasteiger partial charge in [0.2, 0.25) is 0 Å². The summed E-state index contributed by atoms with van der Waals surface area (Å²) in [6, 6.07) is 0. The van der Waals surface area contributed by atoms with E-state index in [9.17, 15) is 4.79 Å². The van der Waals surface area contributed by atoms with Crippen molar-refractivity contribution in [2.45, 2.75) is 20.4 Å². The maximum Gasteiger partial charge on any atom is 0.269 e. The molecule has 1 heterocycles. The predicted octanol–water partition coefficient (Wildman–Crippen LogP) is -0.248. The average molecular weight is 155 g/mol. The fourth-order valence-corrected chi connectivity index (χ4v) is 0.986. The maximum absolute atomic E-state index is 11.3. The predicted molar refractivity (Wildman–Crippen MR) is 43.6 cm³/mol. The SMILES string of the molecule is Cc1[nH]n(CCN)c(=O)c1C. The van der Waals surface area contributed by atoms with Gasteiger partial charge in [-0.1, -0.05) is 0 Å². The van der Waals surface area contributed by atoms with Crippen molar-refractivity contribution in [1.29, 1.82) is 0 Å². The van der Waals surface area contributed by atoms with Crippen LogP contribution in [0.1, 0.15) is 11.3 Å². The molecule has 0 unspecified atom stereocenters. The Morgan fingerprint density at radius 1 is 1.55 bits per heavy atom. The van der Waals surface area contributed by atoms with Crippen LogP contribution in [0.25, 0.3) is 0 Å². The van der Waals surface area contributed by atoms with Crippen LogP contribution in [0.2, 0.25) is 0 Å². The minimum absolute atomic E-state index is 0.0351. The fraction of sp³-hybridized carbons (Fsp3) is 0.571. The summed E-state index contributed by atoms with van der Waals surface area (Å²) < 4.78 is 1.53. The van der Waals surface area contributed by atoms with E-state index in [1.807, 2.05) is 6.92 Å². The third-order valence-corrected chi connectivity index (χ3v) is 1.78. The number of nitrogens with zero attached hydrogens (tertiary/aromatic N) is 1. The molecular formula is C7H13N3O. The third-order valence-electron chi connectivity index (χ3n) is 1.78. The molecule has 0 aliphatic carbocycles. The van der Waals surface area contributed by atoms with Crippen molar-refractivity contribution in [1.82, 2.24) is 9.78 Å². The van der Waals surface area contributed by atoms with E-state index < -0.39 is 0 Å². The number of nitrogens with one attached hydrogen (secondary N) is 1. The summed E-state index contributed by atoms with van der Waals surface area (Å²) in [6.45, 7) is 4.73. The molecule has 0 aromatic carbocycles. The molecule has 4 nitrogen and oxygen atoms in total. The Morgan fingerprint density at radius 3 is 2.55 bits per heavy atom. The summed E-state index contributed by atoms with van der Waals surface area (Å²) in [6.07, 6.45) is 0. The minimum Gasteiger partial charge on any atom is -0.329 e. The Labute approximate surface area is 65.0 Å². The normalized spacial score (nSPS) is 10.5. The molecule has 0 bridgehead atoms. The first-order valence-corrected chi connectivity index (χ1v) is 3.63. The molecule has 0 aliphatic rings. The van der Waals surface area contributed by atoms with Gasteiger partial charge in [-0.2, -0.15) is 0 Å². The van der Waals surface area contributed by atoms with Gasteiger partial charge in [0, 0.05) is 17.8 Å². The molecule has 3 N–H and O–H groups in total. The van der Waals surface area contributed by atoms with E-state index in [1.54, 1.807) is 6.92 Å². The third kappa shape index (κ3) is 1.35. The maximum atomic E-state index is 11.3. The van der Waals surface area contributed by atoms with E-state index >= 15 is 0 Å². The van der Waals surface area contributed by atoms with E-state index in [-0.39, 0.29) is 5.56 Å². The van der Waals surface area contributed by atoms with Gasteiger partial charge in [0.25, 0.3) is 5.56 Å². The second kappa shape index (κ2) is 2.92. The molecule has 0 spiro atoms. The lowest BCUT2D eigenvalue weighted by atomic mass is 10.3. The van der Waals surface area contributed by atoms with Crippen molar-refractivity contribution in [3.8, 4) is 0 Å². The molecule has 1 aromatic rings. The Balaban J connectivity index is 3.09. The van der Waals surface area contributed by atoms with Gasteiger partial charge in [0.1, 0.15) is 0 Å². The Bertz CT molecular complexity index is 297. The number of nitrogens with two attached hydrogens (primary N) is 1. The highest BCUT2D eigenvalue weighted by Gasteiger charge is 2.03. The Morgan fingerprint density at radius 2 is 2.18 bits per heavy atom. The van der Waals surface area contributed by atoms with Crippen molar-refractivity contribution in [3.05, 3.63) is 21.6 Å². The van der Waals surface area contributed by atoms with Crippen molar-refractivity contribution in [2.75, 3.05) is 6.54 Å². The van der Waals surface area contributed by atoms with Crippen molar-refractivity contribution in [2.24, 2.45) is 5.73 Å². The summed E-state index contributed by atoms with van der Waals surface area (Å²) in [7, 11) is 0. The zero-order valence-electron chi connectivity index (χ0n) is 6.85. The molecule has 0 saturated carbocycles. The highest BCUT2D eigenvalue weighted by Crippen LogP contribution is 1.94. The number of aryl methyl sites for hydroxylation is 1. The molecule has 4 heteroatoms. The van der Waals surface area contributed by atoms with Gasteiger partial charge in [0.05, 0.1) is 6.54 Å². The summed E-state index contributed by atoms with van der Waals surface area (Å²) in [4.78, 5) is 11.3. The van der Waals surface area contributed by atoms with Crippen molar-refractivity contribution >= 4 is 0 Å². The molecule has 1 rings (SSSR count). The van der Waals surface area contributed by atoms with E-state index in [4.69, 9.17) is 5.73 Å². The number of aromatic amines is 1. The Hall–Kier alpha value is -1.03. The van der Waals surface area contributed by atoms with Gasteiger partial charge in [-0.3, -0.25) is 14.6 Å². The summed E-state index contributed by atoms with van der Waals surface area (Å²) in [5.74, 6) is 0. The van der Waals surface area contributed by atoms with Crippen LogP contribution < -0.4 is 11.3 Å². The first-order chi connectivity index (χ1) is 5.16. The monoisotopic (exact) mass is 155 g/mol. The van der Waals surface area contributed by atoms with Crippen LogP contribution in [0, 0.1) is 13.8 Å². The zero-order valence-corrected chi connectivity index (χ0v) is 6.85. The molecule has 0 amide bonds. The van der Waals surface area contributed by atoms with Gasteiger partial charge >= 0.3 is 0 Å². The number of aromatic nitrogens is 2. The van der Waals surface area contributed by atoms with Crippen LogP contribution in [-0.4, -0.2) is 16.3 Å². The van der Waals surface area contributed by atoms with E-state index in [1.165, 1.54) is 4.68 Å². The first kappa shape index (κ1) is 8.07. The lowest BCUT2D eigenvalue weighted by Gasteiger charge is -1.95. The van der Waals surface area contributed by atoms with E-state index in [0.717, 1.165) is 11.3 Å². The standard InChI is InChI=1S/C7H13N3O/c1-5-6(2)9-10(4-3-8)7(5)11/h9H,3-4,8H2,1-2H3. The highest BCUT2D eigenvalue weighted by molar-refractivity contribution is 5.12. The van der Waals surface area contributed by atoms with E-state index in [0.29, 0.717) is 13.1 Å². The second-order valence-corrected chi connectivity index (χ2v) is 2.61. The van der Waals surface area contributed by atoms with Crippen LogP contribution >= 0.6 is 0 Å². The smallest absolute Gasteiger partial charge is 0.269 e. The molecular weight excluding hydrogens is 142 g/mol. The number of hydrogen-bond acceptors (Lipinski definition) is 2. The van der Waals surface area contributed by atoms with Crippen LogP contribution in [0.5, 0.6) is 0 Å². The highest BCUT2D eigenvalue weighted by atomic mass is 16.1. The number of rotatable bonds is 2. The van der Waals surface area contributed by atoms with Gasteiger partial charge < -0.3 is 5.73 Å². The molecule has 0 fully saturated rings. The average Bonchev–Trinajstić information content (AvgIpc) is 2.19. The zero-order chi connectivity index (χ0) is 8.43. The number of hydrogen-bond donors (Lipinski definition) is 2. The van der Waals surface area contributed by atoms with Crippen molar-refractivity contribution < 1.29 is 0 Å². The fourth-order valence-electron chi connectivity index (χ4n) is 0.986. The lowest BCUT2D eigenvalue weighted by Crippen LogP contribution is -2.22. The summed E-state index contributed by atoms with van der Waals surface area (Å²) in [5, 5.41) is 2.94.